The van der Waals surface area contributed by atoms with Gasteiger partial charge in [-0.3, -0.25) is 4.79 Å². The lowest BCUT2D eigenvalue weighted by molar-refractivity contribution is -0.117. The molecule has 0 saturated carbocycles. The smallest absolute Gasteiger partial charge is 0.245 e. The molecule has 0 saturated heterocycles. The fourth-order valence-corrected chi connectivity index (χ4v) is 4.42. The Labute approximate surface area is 171 Å². The first kappa shape index (κ1) is 22.2. The zero-order valence-electron chi connectivity index (χ0n) is 16.5. The van der Waals surface area contributed by atoms with Crippen molar-refractivity contribution < 1.29 is 17.9 Å². The zero-order chi connectivity index (χ0) is 21.1. The van der Waals surface area contributed by atoms with Crippen molar-refractivity contribution in [2.45, 2.75) is 44.6 Å². The Kier molecular flexibility index (Phi) is 7.09. The summed E-state index contributed by atoms with van der Waals surface area (Å²) in [4.78, 5) is 12.6. The molecule has 2 aromatic rings. The largest absolute Gasteiger partial charge is 0.495 e. The van der Waals surface area contributed by atoms with Crippen LogP contribution in [0.1, 0.15) is 37.8 Å². The van der Waals surface area contributed by atoms with E-state index in [1.165, 1.54) is 32.2 Å². The van der Waals surface area contributed by atoms with Gasteiger partial charge in [0.1, 0.15) is 10.6 Å². The Morgan fingerprint density at radius 1 is 1.14 bits per heavy atom. The van der Waals surface area contributed by atoms with Gasteiger partial charge in [-0.05, 0) is 49.1 Å². The monoisotopic (exact) mass is 424 g/mol. The number of carbonyl (C=O) groups excluding carboxylic acids is 1. The average Bonchev–Trinajstić information content (AvgIpc) is 2.62. The van der Waals surface area contributed by atoms with Crippen LogP contribution < -0.4 is 14.8 Å². The summed E-state index contributed by atoms with van der Waals surface area (Å²) in [6.07, 6.45) is 0. The topological polar surface area (TPSA) is 84.5 Å². The molecule has 28 heavy (non-hydrogen) atoms. The van der Waals surface area contributed by atoms with E-state index < -0.39 is 22.0 Å². The summed E-state index contributed by atoms with van der Waals surface area (Å²) < 4.78 is 33.0. The van der Waals surface area contributed by atoms with E-state index in [9.17, 15) is 13.2 Å². The second-order valence-electron chi connectivity index (χ2n) is 6.82. The molecule has 2 aromatic carbocycles. The molecule has 1 amide bonds. The number of anilines is 1. The molecule has 8 heteroatoms. The fraction of sp³-hybridized carbons (Fsp3) is 0.350. The number of methoxy groups -OCH3 is 1. The summed E-state index contributed by atoms with van der Waals surface area (Å²) in [7, 11) is -2.65. The van der Waals surface area contributed by atoms with Crippen LogP contribution in [0.5, 0.6) is 5.75 Å². The maximum absolute atomic E-state index is 12.7. The predicted octanol–water partition coefficient (Wildman–Crippen LogP) is 4.09. The number of hydrogen-bond donors (Lipinski definition) is 2. The number of benzene rings is 2. The van der Waals surface area contributed by atoms with Crippen LogP contribution in [-0.2, 0) is 14.8 Å². The van der Waals surface area contributed by atoms with Crippen LogP contribution >= 0.6 is 11.6 Å². The summed E-state index contributed by atoms with van der Waals surface area (Å²) in [5, 5.41) is 3.10. The Morgan fingerprint density at radius 3 is 2.43 bits per heavy atom. The van der Waals surface area contributed by atoms with E-state index in [2.05, 4.69) is 10.0 Å². The van der Waals surface area contributed by atoms with Crippen molar-refractivity contribution in [1.29, 1.82) is 0 Å². The van der Waals surface area contributed by atoms with Crippen molar-refractivity contribution in [3.8, 4) is 5.75 Å². The van der Waals surface area contributed by atoms with Crippen LogP contribution in [0.15, 0.2) is 41.3 Å². The normalized spacial score (nSPS) is 12.7. The maximum atomic E-state index is 12.7. The molecule has 6 nitrogen and oxygen atoms in total. The molecule has 2 rings (SSSR count). The van der Waals surface area contributed by atoms with Gasteiger partial charge in [0.25, 0.3) is 0 Å². The third kappa shape index (κ3) is 5.04. The van der Waals surface area contributed by atoms with Gasteiger partial charge >= 0.3 is 0 Å². The number of aryl methyl sites for hydroxylation is 1. The van der Waals surface area contributed by atoms with Crippen LogP contribution in [0.25, 0.3) is 0 Å². The lowest BCUT2D eigenvalue weighted by Gasteiger charge is -2.20. The highest BCUT2D eigenvalue weighted by Crippen LogP contribution is 2.29. The molecule has 152 valence electrons. The Morgan fingerprint density at radius 2 is 1.82 bits per heavy atom. The van der Waals surface area contributed by atoms with E-state index >= 15 is 0 Å². The number of carbonyl (C=O) groups is 1. The zero-order valence-corrected chi connectivity index (χ0v) is 18.1. The van der Waals surface area contributed by atoms with Gasteiger partial charge in [-0.1, -0.05) is 43.6 Å². The van der Waals surface area contributed by atoms with Crippen molar-refractivity contribution in [3.63, 3.8) is 0 Å². The van der Waals surface area contributed by atoms with Gasteiger partial charge < -0.3 is 10.1 Å². The van der Waals surface area contributed by atoms with Crippen LogP contribution in [-0.4, -0.2) is 27.5 Å². The molecule has 0 aliphatic carbocycles. The van der Waals surface area contributed by atoms with Gasteiger partial charge in [-0.2, -0.15) is 4.72 Å². The Hall–Kier alpha value is -2.09. The molecule has 0 fully saturated rings. The van der Waals surface area contributed by atoms with E-state index in [1.807, 2.05) is 39.0 Å². The molecule has 0 aliphatic rings. The molecular formula is C20H25ClN2O4S. The molecule has 1 atom stereocenters. The number of sulfonamides is 1. The van der Waals surface area contributed by atoms with E-state index in [4.69, 9.17) is 16.3 Å². The van der Waals surface area contributed by atoms with Gasteiger partial charge in [0.05, 0.1) is 13.2 Å². The molecule has 0 spiro atoms. The summed E-state index contributed by atoms with van der Waals surface area (Å²) in [5.74, 6) is -0.107. The standard InChI is InChI=1S/C20H25ClN2O4S/c1-12(2)16-8-6-7-13(3)19(16)22-20(24)14(4)23-28(25,26)18-11-15(21)9-10-17(18)27-5/h6-12,14,23H,1-5H3,(H,22,24)/t14-/m0/s1. The van der Waals surface area contributed by atoms with Gasteiger partial charge in [0.2, 0.25) is 15.9 Å². The Balaban J connectivity index is 2.25. The van der Waals surface area contributed by atoms with Gasteiger partial charge in [-0.15, -0.1) is 0 Å². The molecule has 2 N–H and O–H groups in total. The number of nitrogens with one attached hydrogen (secondary N) is 2. The second-order valence-corrected chi connectivity index (χ2v) is 8.94. The molecule has 0 aromatic heterocycles. The lowest BCUT2D eigenvalue weighted by atomic mass is 9.98. The highest BCUT2D eigenvalue weighted by atomic mass is 35.5. The minimum Gasteiger partial charge on any atom is -0.495 e. The summed E-state index contributed by atoms with van der Waals surface area (Å²) in [6, 6.07) is 9.04. The molecule has 0 heterocycles. The SMILES string of the molecule is COc1ccc(Cl)cc1S(=O)(=O)N[C@@H](C)C(=O)Nc1c(C)cccc1C(C)C. The maximum Gasteiger partial charge on any atom is 0.245 e. The van der Waals surface area contributed by atoms with Crippen molar-refractivity contribution in [1.82, 2.24) is 4.72 Å². The number of para-hydroxylation sites is 1. The molecular weight excluding hydrogens is 400 g/mol. The number of ether oxygens (including phenoxy) is 1. The first-order valence-corrected chi connectivity index (χ1v) is 10.7. The van der Waals surface area contributed by atoms with E-state index in [1.54, 1.807) is 0 Å². The minimum atomic E-state index is -4.02. The molecule has 0 bridgehead atoms. The minimum absolute atomic E-state index is 0.124. The molecule has 0 aliphatic heterocycles. The number of rotatable bonds is 7. The van der Waals surface area contributed by atoms with E-state index in [0.717, 1.165) is 11.1 Å². The van der Waals surface area contributed by atoms with Crippen molar-refractivity contribution in [2.24, 2.45) is 0 Å². The third-order valence-corrected chi connectivity index (χ3v) is 6.11. The highest BCUT2D eigenvalue weighted by molar-refractivity contribution is 7.89. The summed E-state index contributed by atoms with van der Waals surface area (Å²) in [6.45, 7) is 7.44. The highest BCUT2D eigenvalue weighted by Gasteiger charge is 2.26. The van der Waals surface area contributed by atoms with Crippen LogP contribution in [0.4, 0.5) is 5.69 Å². The number of hydrogen-bond acceptors (Lipinski definition) is 4. The van der Waals surface area contributed by atoms with Crippen molar-refractivity contribution >= 4 is 33.2 Å². The van der Waals surface area contributed by atoms with Crippen LogP contribution in [0, 0.1) is 6.92 Å². The first-order chi connectivity index (χ1) is 13.1. The van der Waals surface area contributed by atoms with E-state index in [-0.39, 0.29) is 21.6 Å². The van der Waals surface area contributed by atoms with Gasteiger partial charge in [-0.25, -0.2) is 8.42 Å². The lowest BCUT2D eigenvalue weighted by Crippen LogP contribution is -2.41. The fourth-order valence-electron chi connectivity index (χ4n) is 2.78. The molecule has 0 radical (unpaired) electrons. The van der Waals surface area contributed by atoms with Crippen molar-refractivity contribution in [3.05, 3.63) is 52.5 Å². The van der Waals surface area contributed by atoms with Gasteiger partial charge in [0.15, 0.2) is 0 Å². The first-order valence-electron chi connectivity index (χ1n) is 8.83. The summed E-state index contributed by atoms with van der Waals surface area (Å²) >= 11 is 5.92. The summed E-state index contributed by atoms with van der Waals surface area (Å²) in [5.41, 5.74) is 2.60. The number of halogens is 1. The average molecular weight is 425 g/mol. The van der Waals surface area contributed by atoms with Crippen LogP contribution in [0.2, 0.25) is 5.02 Å². The predicted molar refractivity (Wildman–Crippen MR) is 112 cm³/mol. The number of amides is 1. The van der Waals surface area contributed by atoms with Gasteiger partial charge in [0, 0.05) is 10.7 Å². The third-order valence-electron chi connectivity index (χ3n) is 4.32. The second kappa shape index (κ2) is 8.94. The quantitative estimate of drug-likeness (QED) is 0.701. The van der Waals surface area contributed by atoms with Crippen LogP contribution in [0.3, 0.4) is 0 Å². The van der Waals surface area contributed by atoms with E-state index in [0.29, 0.717) is 5.69 Å². The van der Waals surface area contributed by atoms with Crippen molar-refractivity contribution in [2.75, 3.05) is 12.4 Å². The Bertz CT molecular complexity index is 974. The molecule has 0 unspecified atom stereocenters.